The fourth-order valence-corrected chi connectivity index (χ4v) is 2.22. The molecule has 1 fully saturated rings. The first-order chi connectivity index (χ1) is 8.88. The van der Waals surface area contributed by atoms with Gasteiger partial charge in [0.25, 0.3) is 0 Å². The number of carbonyl (C=O) groups is 2. The molecular weight excluding hydrogens is 244 g/mol. The van der Waals surface area contributed by atoms with Gasteiger partial charge in [0.2, 0.25) is 11.8 Å². The summed E-state index contributed by atoms with van der Waals surface area (Å²) in [6.45, 7) is 9.32. The van der Waals surface area contributed by atoms with Crippen molar-refractivity contribution >= 4 is 11.8 Å². The maximum absolute atomic E-state index is 12.4. The van der Waals surface area contributed by atoms with E-state index in [0.717, 1.165) is 19.4 Å². The van der Waals surface area contributed by atoms with Crippen molar-refractivity contribution in [2.24, 2.45) is 0 Å². The molecule has 2 amide bonds. The molecule has 0 spiro atoms. The highest BCUT2D eigenvalue weighted by Gasteiger charge is 2.39. The molecule has 0 bridgehead atoms. The van der Waals surface area contributed by atoms with Gasteiger partial charge in [0.1, 0.15) is 5.54 Å². The van der Waals surface area contributed by atoms with Crippen LogP contribution >= 0.6 is 0 Å². The third-order valence-corrected chi connectivity index (χ3v) is 3.38. The molecule has 1 N–H and O–H groups in total. The van der Waals surface area contributed by atoms with Crippen LogP contribution in [0, 0.1) is 0 Å². The first-order valence-corrected chi connectivity index (χ1v) is 7.08. The summed E-state index contributed by atoms with van der Waals surface area (Å²) in [6, 6.07) is -0.0796. The number of hydrogen-bond acceptors (Lipinski definition) is 3. The molecule has 1 aliphatic heterocycles. The average Bonchev–Trinajstić information content (AvgIpc) is 2.37. The Balaban J connectivity index is 2.57. The molecule has 1 unspecified atom stereocenters. The van der Waals surface area contributed by atoms with E-state index in [2.05, 4.69) is 12.2 Å². The SMILES string of the molecule is CCCCOCCN1C(=O)C(C)(C)NC(=O)CC1C. The summed E-state index contributed by atoms with van der Waals surface area (Å²) < 4.78 is 5.51. The fourth-order valence-electron chi connectivity index (χ4n) is 2.22. The lowest BCUT2D eigenvalue weighted by molar-refractivity contribution is -0.139. The quantitative estimate of drug-likeness (QED) is 0.741. The van der Waals surface area contributed by atoms with Crippen LogP contribution in [0.4, 0.5) is 0 Å². The number of nitrogens with one attached hydrogen (secondary N) is 1. The van der Waals surface area contributed by atoms with Gasteiger partial charge in [-0.1, -0.05) is 13.3 Å². The maximum atomic E-state index is 12.4. The van der Waals surface area contributed by atoms with Crippen molar-refractivity contribution in [3.8, 4) is 0 Å². The Morgan fingerprint density at radius 1 is 1.37 bits per heavy atom. The summed E-state index contributed by atoms with van der Waals surface area (Å²) >= 11 is 0. The van der Waals surface area contributed by atoms with E-state index in [9.17, 15) is 9.59 Å². The number of unbranched alkanes of at least 4 members (excludes halogenated alkanes) is 1. The van der Waals surface area contributed by atoms with Crippen molar-refractivity contribution in [3.63, 3.8) is 0 Å². The van der Waals surface area contributed by atoms with E-state index in [4.69, 9.17) is 4.74 Å². The second-order valence-corrected chi connectivity index (χ2v) is 5.69. The molecule has 0 saturated carbocycles. The summed E-state index contributed by atoms with van der Waals surface area (Å²) in [5.74, 6) is -0.106. The zero-order chi connectivity index (χ0) is 14.5. The number of nitrogens with zero attached hydrogens (tertiary/aromatic N) is 1. The lowest BCUT2D eigenvalue weighted by Crippen LogP contribution is -2.54. The van der Waals surface area contributed by atoms with Gasteiger partial charge < -0.3 is 15.0 Å². The van der Waals surface area contributed by atoms with Crippen molar-refractivity contribution in [3.05, 3.63) is 0 Å². The van der Waals surface area contributed by atoms with Crippen LogP contribution in [0.2, 0.25) is 0 Å². The number of amides is 2. The minimum Gasteiger partial charge on any atom is -0.380 e. The Morgan fingerprint density at radius 3 is 2.68 bits per heavy atom. The summed E-state index contributed by atoms with van der Waals surface area (Å²) in [7, 11) is 0. The van der Waals surface area contributed by atoms with E-state index in [0.29, 0.717) is 19.6 Å². The molecule has 0 aromatic rings. The highest BCUT2D eigenvalue weighted by atomic mass is 16.5. The van der Waals surface area contributed by atoms with Crippen molar-refractivity contribution in [2.75, 3.05) is 19.8 Å². The molecule has 5 nitrogen and oxygen atoms in total. The summed E-state index contributed by atoms with van der Waals surface area (Å²) in [5, 5.41) is 2.77. The Hall–Kier alpha value is -1.10. The number of carbonyl (C=O) groups excluding carboxylic acids is 2. The van der Waals surface area contributed by atoms with Gasteiger partial charge in [-0.05, 0) is 27.2 Å². The molecule has 1 rings (SSSR count). The van der Waals surface area contributed by atoms with Gasteiger partial charge in [-0.3, -0.25) is 9.59 Å². The lowest BCUT2D eigenvalue weighted by atomic mass is 10.0. The van der Waals surface area contributed by atoms with Gasteiger partial charge in [0, 0.05) is 25.6 Å². The van der Waals surface area contributed by atoms with E-state index in [-0.39, 0.29) is 17.9 Å². The monoisotopic (exact) mass is 270 g/mol. The molecule has 0 radical (unpaired) electrons. The van der Waals surface area contributed by atoms with Crippen LogP contribution in [0.5, 0.6) is 0 Å². The highest BCUT2D eigenvalue weighted by molar-refractivity contribution is 5.93. The van der Waals surface area contributed by atoms with E-state index >= 15 is 0 Å². The first kappa shape index (κ1) is 16.0. The Bertz CT molecular complexity index is 329. The minimum absolute atomic E-state index is 0.0371. The van der Waals surface area contributed by atoms with Gasteiger partial charge in [0.15, 0.2) is 0 Å². The van der Waals surface area contributed by atoms with Crippen LogP contribution < -0.4 is 5.32 Å². The zero-order valence-electron chi connectivity index (χ0n) is 12.5. The molecule has 0 aromatic carbocycles. The molecule has 1 heterocycles. The smallest absolute Gasteiger partial charge is 0.248 e. The summed E-state index contributed by atoms with van der Waals surface area (Å²) in [4.78, 5) is 25.8. The second-order valence-electron chi connectivity index (χ2n) is 5.69. The molecule has 19 heavy (non-hydrogen) atoms. The number of hydrogen-bond donors (Lipinski definition) is 1. The predicted molar refractivity (Wildman–Crippen MR) is 73.7 cm³/mol. The average molecular weight is 270 g/mol. The summed E-state index contributed by atoms with van der Waals surface area (Å²) in [6.07, 6.45) is 2.49. The van der Waals surface area contributed by atoms with Gasteiger partial charge >= 0.3 is 0 Å². The number of rotatable bonds is 6. The normalized spacial score (nSPS) is 23.2. The van der Waals surface area contributed by atoms with Crippen LogP contribution in [0.15, 0.2) is 0 Å². The molecule has 1 atom stereocenters. The van der Waals surface area contributed by atoms with E-state index in [1.54, 1.807) is 18.7 Å². The van der Waals surface area contributed by atoms with Crippen molar-refractivity contribution in [1.29, 1.82) is 0 Å². The van der Waals surface area contributed by atoms with E-state index in [1.807, 2.05) is 6.92 Å². The van der Waals surface area contributed by atoms with E-state index in [1.165, 1.54) is 0 Å². The van der Waals surface area contributed by atoms with Gasteiger partial charge in [-0.15, -0.1) is 0 Å². The van der Waals surface area contributed by atoms with Crippen LogP contribution in [-0.2, 0) is 14.3 Å². The van der Waals surface area contributed by atoms with Gasteiger partial charge in [-0.25, -0.2) is 0 Å². The molecule has 1 aliphatic rings. The predicted octanol–water partition coefficient (Wildman–Crippen LogP) is 1.32. The van der Waals surface area contributed by atoms with E-state index < -0.39 is 5.54 Å². The van der Waals surface area contributed by atoms with Crippen LogP contribution in [0.1, 0.15) is 47.0 Å². The molecule has 5 heteroatoms. The third kappa shape index (κ3) is 4.49. The largest absolute Gasteiger partial charge is 0.380 e. The first-order valence-electron chi connectivity index (χ1n) is 7.08. The van der Waals surface area contributed by atoms with Crippen molar-refractivity contribution < 1.29 is 14.3 Å². The van der Waals surface area contributed by atoms with Crippen molar-refractivity contribution in [2.45, 2.75) is 58.5 Å². The zero-order valence-corrected chi connectivity index (χ0v) is 12.5. The fraction of sp³-hybridized carbons (Fsp3) is 0.857. The minimum atomic E-state index is -0.828. The molecule has 0 aliphatic carbocycles. The highest BCUT2D eigenvalue weighted by Crippen LogP contribution is 2.17. The molecule has 110 valence electrons. The standard InChI is InChI=1S/C14H26N2O3/c1-5-6-8-19-9-7-16-11(2)10-12(17)15-14(3,4)13(16)18/h11H,5-10H2,1-4H3,(H,15,17). The van der Waals surface area contributed by atoms with Crippen LogP contribution in [0.25, 0.3) is 0 Å². The third-order valence-electron chi connectivity index (χ3n) is 3.38. The number of ether oxygens (including phenoxy) is 1. The Morgan fingerprint density at radius 2 is 2.05 bits per heavy atom. The lowest BCUT2D eigenvalue weighted by Gasteiger charge is -2.31. The van der Waals surface area contributed by atoms with Crippen LogP contribution in [0.3, 0.4) is 0 Å². The second kappa shape index (κ2) is 6.89. The summed E-state index contributed by atoms with van der Waals surface area (Å²) in [5.41, 5.74) is -0.828. The van der Waals surface area contributed by atoms with Crippen LogP contribution in [-0.4, -0.2) is 48.1 Å². The van der Waals surface area contributed by atoms with Gasteiger partial charge in [0.05, 0.1) is 6.61 Å². The molecule has 0 aromatic heterocycles. The topological polar surface area (TPSA) is 58.6 Å². The molecule has 1 saturated heterocycles. The molecular formula is C14H26N2O3. The maximum Gasteiger partial charge on any atom is 0.248 e. The van der Waals surface area contributed by atoms with Crippen molar-refractivity contribution in [1.82, 2.24) is 10.2 Å². The van der Waals surface area contributed by atoms with Gasteiger partial charge in [-0.2, -0.15) is 0 Å². The Labute approximate surface area is 115 Å². The Kier molecular flexibility index (Phi) is 5.79.